The molecule has 0 aliphatic heterocycles. The smallest absolute Gasteiger partial charge is 0.406 e. The molecule has 0 saturated carbocycles. The van der Waals surface area contributed by atoms with Gasteiger partial charge in [0.2, 0.25) is 0 Å². The molecule has 19 heteroatoms. The normalized spacial score (nSPS) is 11.9. The van der Waals surface area contributed by atoms with Gasteiger partial charge in [-0.25, -0.2) is 9.89 Å². The van der Waals surface area contributed by atoms with Gasteiger partial charge in [-0.15, -0.1) is 31.4 Å². The van der Waals surface area contributed by atoms with Gasteiger partial charge in [0.25, 0.3) is 0 Å². The van der Waals surface area contributed by atoms with Crippen molar-refractivity contribution < 1.29 is 53.8 Å². The number of nitrogens with zero attached hydrogens (tertiary/aromatic N) is 4. The third-order valence-corrected chi connectivity index (χ3v) is 6.97. The predicted molar refractivity (Wildman–Crippen MR) is 166 cm³/mol. The number of aromatic amines is 1. The quantitative estimate of drug-likeness (QED) is 0.116. The van der Waals surface area contributed by atoms with Crippen molar-refractivity contribution in [3.05, 3.63) is 96.6 Å². The molecule has 268 valence electrons. The largest absolute Gasteiger partial charge is 0.573 e. The van der Waals surface area contributed by atoms with E-state index >= 15 is 0 Å². The van der Waals surface area contributed by atoms with Crippen LogP contribution in [0.15, 0.2) is 91.0 Å². The lowest BCUT2D eigenvalue weighted by Crippen LogP contribution is -2.29. The van der Waals surface area contributed by atoms with Crippen LogP contribution in [0.3, 0.4) is 0 Å². The second-order valence-corrected chi connectivity index (χ2v) is 10.7. The third kappa shape index (κ3) is 10.7. The maximum Gasteiger partial charge on any atom is 0.573 e. The number of benzene rings is 4. The Labute approximate surface area is 282 Å². The Morgan fingerprint density at radius 3 is 1.92 bits per heavy atom. The maximum atomic E-state index is 13.5. The second-order valence-electron chi connectivity index (χ2n) is 10.7. The molecule has 2 amide bonds. The van der Waals surface area contributed by atoms with E-state index in [9.17, 15) is 44.3 Å². The fourth-order valence-corrected chi connectivity index (χ4v) is 4.88. The van der Waals surface area contributed by atoms with Gasteiger partial charge in [0.1, 0.15) is 11.5 Å². The minimum Gasteiger partial charge on any atom is -0.406 e. The maximum absolute atomic E-state index is 13.5. The minimum absolute atomic E-state index is 0.00622. The summed E-state index contributed by atoms with van der Waals surface area (Å²) in [5, 5.41) is 18.8. The summed E-state index contributed by atoms with van der Waals surface area (Å²) < 4.78 is 124. The summed E-state index contributed by atoms with van der Waals surface area (Å²) >= 11 is 0. The Bertz CT molecular complexity index is 1920. The molecule has 5 rings (SSSR count). The van der Waals surface area contributed by atoms with Gasteiger partial charge in [0.15, 0.2) is 5.82 Å². The Morgan fingerprint density at radius 2 is 1.35 bits per heavy atom. The van der Waals surface area contributed by atoms with E-state index in [-0.39, 0.29) is 23.6 Å². The molecule has 0 bridgehead atoms. The summed E-state index contributed by atoms with van der Waals surface area (Å²) in [7, 11) is 0. The van der Waals surface area contributed by atoms with E-state index < -0.39 is 49.4 Å². The summed E-state index contributed by atoms with van der Waals surface area (Å²) in [4.78, 5) is 14.5. The Morgan fingerprint density at radius 1 is 0.745 bits per heavy atom. The number of alkyl halides is 9. The molecular formula is C32H24F9N7O3. The topological polar surface area (TPSA) is 117 Å². The number of carbonyl (C=O) groups excluding carboxylic acids is 1. The van der Waals surface area contributed by atoms with Crippen LogP contribution in [-0.2, 0) is 6.54 Å². The molecule has 0 saturated heterocycles. The lowest BCUT2D eigenvalue weighted by Gasteiger charge is -2.28. The Hall–Kier alpha value is -6.01. The van der Waals surface area contributed by atoms with Crippen molar-refractivity contribution in [1.29, 1.82) is 0 Å². The Balaban J connectivity index is 1.51. The molecule has 1 aromatic heterocycles. The fraction of sp³-hybridized carbons (Fsp3) is 0.188. The van der Waals surface area contributed by atoms with Crippen molar-refractivity contribution in [2.24, 2.45) is 0 Å². The summed E-state index contributed by atoms with van der Waals surface area (Å²) in [6, 6.07) is 19.2. The van der Waals surface area contributed by atoms with Gasteiger partial charge in [-0.05, 0) is 75.6 Å². The van der Waals surface area contributed by atoms with Crippen LogP contribution >= 0.6 is 0 Å². The molecule has 0 radical (unpaired) electrons. The van der Waals surface area contributed by atoms with Crippen LogP contribution in [0, 0.1) is 0 Å². The van der Waals surface area contributed by atoms with Crippen LogP contribution in [0.5, 0.6) is 11.5 Å². The highest BCUT2D eigenvalue weighted by Gasteiger charge is 2.32. The number of aromatic nitrogens is 4. The van der Waals surface area contributed by atoms with E-state index in [0.717, 1.165) is 36.4 Å². The molecule has 3 N–H and O–H groups in total. The number of H-pyrrole nitrogens is 1. The third-order valence-electron chi connectivity index (χ3n) is 6.97. The van der Waals surface area contributed by atoms with Crippen molar-refractivity contribution in [2.75, 3.05) is 22.1 Å². The molecule has 5 aromatic rings. The lowest BCUT2D eigenvalue weighted by molar-refractivity contribution is -0.275. The highest BCUT2D eigenvalue weighted by atomic mass is 19.4. The van der Waals surface area contributed by atoms with Gasteiger partial charge in [0.05, 0.1) is 17.8 Å². The number of urea groups is 1. The number of ether oxygens (including phenoxy) is 2. The Kier molecular flexibility index (Phi) is 10.6. The molecule has 0 fully saturated rings. The standard InChI is InChI=1S/C32H24F9N7O3/c33-30(34,35)15-16-48(18-19-5-10-22(11-6-19)50-31(36,37)38)27-14-7-20(24-3-1-2-4-25(24)28-44-46-47-45-28)17-26(27)43-29(49)42-21-8-12-23(13-9-21)51-32(39,40)41/h1-14,17H,15-16,18H2,(H2,42,43,49)(H,44,45,46,47). The van der Waals surface area contributed by atoms with E-state index in [0.29, 0.717) is 28.1 Å². The summed E-state index contributed by atoms with van der Waals surface area (Å²) in [5.74, 6) is -0.776. The highest BCUT2D eigenvalue weighted by molar-refractivity contribution is 6.02. The van der Waals surface area contributed by atoms with E-state index in [1.807, 2.05) is 0 Å². The number of amides is 2. The predicted octanol–water partition coefficient (Wildman–Crippen LogP) is 8.93. The number of anilines is 3. The molecule has 0 atom stereocenters. The van der Waals surface area contributed by atoms with Gasteiger partial charge in [-0.1, -0.05) is 42.5 Å². The number of rotatable bonds is 11. The molecule has 0 aliphatic carbocycles. The first-order chi connectivity index (χ1) is 24.0. The molecule has 4 aromatic carbocycles. The van der Waals surface area contributed by atoms with Gasteiger partial charge in [-0.2, -0.15) is 13.2 Å². The average molecular weight is 726 g/mol. The van der Waals surface area contributed by atoms with Crippen LogP contribution in [0.4, 0.5) is 61.4 Å². The van der Waals surface area contributed by atoms with Crippen LogP contribution < -0.4 is 25.0 Å². The van der Waals surface area contributed by atoms with Crippen molar-refractivity contribution in [3.8, 4) is 34.0 Å². The van der Waals surface area contributed by atoms with Crippen molar-refractivity contribution in [3.63, 3.8) is 0 Å². The second kappa shape index (κ2) is 14.9. The summed E-state index contributed by atoms with van der Waals surface area (Å²) in [5.41, 5.74) is 2.05. The zero-order valence-electron chi connectivity index (χ0n) is 25.7. The summed E-state index contributed by atoms with van der Waals surface area (Å²) in [6.45, 7) is -0.861. The highest BCUT2D eigenvalue weighted by Crippen LogP contribution is 2.37. The molecule has 51 heavy (non-hydrogen) atoms. The molecule has 0 spiro atoms. The van der Waals surface area contributed by atoms with Gasteiger partial charge >= 0.3 is 24.9 Å². The van der Waals surface area contributed by atoms with Crippen LogP contribution in [0.2, 0.25) is 0 Å². The number of hydrogen-bond acceptors (Lipinski definition) is 7. The van der Waals surface area contributed by atoms with Crippen molar-refractivity contribution in [2.45, 2.75) is 31.9 Å². The molecule has 10 nitrogen and oxygen atoms in total. The monoisotopic (exact) mass is 725 g/mol. The lowest BCUT2D eigenvalue weighted by atomic mass is 9.98. The van der Waals surface area contributed by atoms with E-state index in [1.54, 1.807) is 30.3 Å². The SMILES string of the molecule is O=C(Nc1ccc(OC(F)(F)F)cc1)Nc1cc(-c2ccccc2-c2nnn[nH]2)ccc1N(CCC(F)(F)F)Cc1ccc(OC(F)(F)F)cc1. The van der Waals surface area contributed by atoms with Gasteiger partial charge in [-0.3, -0.25) is 0 Å². The van der Waals surface area contributed by atoms with E-state index in [1.165, 1.54) is 29.2 Å². The average Bonchev–Trinajstić information content (AvgIpc) is 3.58. The molecule has 0 aliphatic rings. The first kappa shape index (κ1) is 36.3. The molecule has 1 heterocycles. The zero-order valence-corrected chi connectivity index (χ0v) is 25.7. The number of hydrogen-bond donors (Lipinski definition) is 3. The number of halogens is 9. The van der Waals surface area contributed by atoms with Crippen LogP contribution in [0.25, 0.3) is 22.5 Å². The summed E-state index contributed by atoms with van der Waals surface area (Å²) in [6.07, 6.45) is -15.8. The first-order valence-corrected chi connectivity index (χ1v) is 14.6. The number of carbonyl (C=O) groups is 1. The van der Waals surface area contributed by atoms with Crippen LogP contribution in [-0.4, -0.2) is 52.1 Å². The van der Waals surface area contributed by atoms with Crippen molar-refractivity contribution >= 4 is 23.1 Å². The molecular weight excluding hydrogens is 701 g/mol. The number of tetrazole rings is 1. The van der Waals surface area contributed by atoms with Gasteiger partial charge in [0, 0.05) is 24.3 Å². The van der Waals surface area contributed by atoms with Crippen molar-refractivity contribution in [1.82, 2.24) is 20.6 Å². The number of nitrogens with one attached hydrogen (secondary N) is 3. The minimum atomic E-state index is -4.95. The zero-order chi connectivity index (χ0) is 36.8. The van der Waals surface area contributed by atoms with Gasteiger partial charge < -0.3 is 25.0 Å². The van der Waals surface area contributed by atoms with E-state index in [2.05, 4.69) is 40.7 Å². The van der Waals surface area contributed by atoms with Crippen LogP contribution in [0.1, 0.15) is 12.0 Å². The first-order valence-electron chi connectivity index (χ1n) is 14.6. The fourth-order valence-electron chi connectivity index (χ4n) is 4.88. The molecule has 0 unspecified atom stereocenters. The van der Waals surface area contributed by atoms with E-state index in [4.69, 9.17) is 0 Å².